The van der Waals surface area contributed by atoms with Crippen LogP contribution >= 0.6 is 0 Å². The molecule has 80 valence electrons. The molecule has 1 aromatic heterocycles. The molecule has 1 amide bonds. The molecule has 2 rings (SSSR count). The molecule has 0 atom stereocenters. The number of rotatable bonds is 1. The maximum absolute atomic E-state index is 11.4. The normalized spacial score (nSPS) is 15.3. The lowest BCUT2D eigenvalue weighted by Crippen LogP contribution is -2.19. The van der Waals surface area contributed by atoms with Crippen molar-refractivity contribution in [1.29, 1.82) is 0 Å². The summed E-state index contributed by atoms with van der Waals surface area (Å²) >= 11 is 0. The van der Waals surface area contributed by atoms with E-state index >= 15 is 0 Å². The van der Waals surface area contributed by atoms with E-state index in [0.29, 0.717) is 30.4 Å². The van der Waals surface area contributed by atoms with E-state index in [2.05, 4.69) is 15.3 Å². The van der Waals surface area contributed by atoms with E-state index < -0.39 is 0 Å². The largest absolute Gasteiger partial charge is 0.479 e. The fraction of sp³-hybridized carbons (Fsp3) is 0.444. The van der Waals surface area contributed by atoms with Gasteiger partial charge in [-0.1, -0.05) is 0 Å². The van der Waals surface area contributed by atoms with Gasteiger partial charge >= 0.3 is 0 Å². The molecule has 0 radical (unpaired) electrons. The van der Waals surface area contributed by atoms with Crippen LogP contribution in [0, 0.1) is 0 Å². The number of anilines is 2. The molecule has 15 heavy (non-hydrogen) atoms. The van der Waals surface area contributed by atoms with E-state index in [1.807, 2.05) is 11.9 Å². The minimum Gasteiger partial charge on any atom is -0.479 e. The van der Waals surface area contributed by atoms with Gasteiger partial charge in [-0.15, -0.1) is 0 Å². The Morgan fingerprint density at radius 3 is 3.07 bits per heavy atom. The molecule has 1 aliphatic rings. The number of fused-ring (bicyclic) bond motifs is 1. The van der Waals surface area contributed by atoms with Gasteiger partial charge in [0, 0.05) is 20.0 Å². The highest BCUT2D eigenvalue weighted by Gasteiger charge is 2.21. The van der Waals surface area contributed by atoms with Gasteiger partial charge in [-0.05, 0) is 0 Å². The average molecular weight is 208 g/mol. The standard InChI is InChI=1S/C9H12N4O2/c1-13-4-3-6(14)12-7-8(13)10-5-11-9(7)15-2/h5H,3-4H2,1-2H3,(H,12,14). The van der Waals surface area contributed by atoms with Crippen LogP contribution < -0.4 is 15.0 Å². The van der Waals surface area contributed by atoms with E-state index in [9.17, 15) is 4.79 Å². The second kappa shape index (κ2) is 3.72. The highest BCUT2D eigenvalue weighted by atomic mass is 16.5. The van der Waals surface area contributed by atoms with Gasteiger partial charge in [-0.2, -0.15) is 4.98 Å². The van der Waals surface area contributed by atoms with Crippen LogP contribution in [-0.4, -0.2) is 36.6 Å². The van der Waals surface area contributed by atoms with Gasteiger partial charge in [-0.25, -0.2) is 4.98 Å². The van der Waals surface area contributed by atoms with Gasteiger partial charge in [0.25, 0.3) is 0 Å². The Bertz CT molecular complexity index is 394. The molecule has 0 aromatic carbocycles. The third-order valence-corrected chi connectivity index (χ3v) is 2.29. The van der Waals surface area contributed by atoms with Crippen molar-refractivity contribution in [3.05, 3.63) is 6.33 Å². The zero-order chi connectivity index (χ0) is 10.8. The molecular formula is C9H12N4O2. The minimum atomic E-state index is -0.0475. The first kappa shape index (κ1) is 9.70. The number of nitrogens with one attached hydrogen (secondary N) is 1. The molecule has 0 unspecified atom stereocenters. The highest BCUT2D eigenvalue weighted by Crippen LogP contribution is 2.31. The van der Waals surface area contributed by atoms with Crippen molar-refractivity contribution in [2.75, 3.05) is 30.9 Å². The highest BCUT2D eigenvalue weighted by molar-refractivity contribution is 5.96. The quantitative estimate of drug-likeness (QED) is 0.717. The van der Waals surface area contributed by atoms with Gasteiger partial charge in [0.2, 0.25) is 11.8 Å². The number of hydrogen-bond donors (Lipinski definition) is 1. The summed E-state index contributed by atoms with van der Waals surface area (Å²) in [6.45, 7) is 0.638. The lowest BCUT2D eigenvalue weighted by Gasteiger charge is -2.17. The number of nitrogens with zero attached hydrogens (tertiary/aromatic N) is 3. The maximum atomic E-state index is 11.4. The lowest BCUT2D eigenvalue weighted by molar-refractivity contribution is -0.115. The van der Waals surface area contributed by atoms with Crippen LogP contribution in [0.5, 0.6) is 5.88 Å². The first-order valence-electron chi connectivity index (χ1n) is 4.62. The van der Waals surface area contributed by atoms with Crippen LogP contribution in [-0.2, 0) is 4.79 Å². The summed E-state index contributed by atoms with van der Waals surface area (Å²) in [5, 5.41) is 2.74. The Kier molecular flexibility index (Phi) is 2.40. The van der Waals surface area contributed by atoms with E-state index in [1.54, 1.807) is 0 Å². The topological polar surface area (TPSA) is 67.4 Å². The number of amides is 1. The van der Waals surface area contributed by atoms with Crippen LogP contribution in [0.4, 0.5) is 11.5 Å². The second-order valence-corrected chi connectivity index (χ2v) is 3.30. The Labute approximate surface area is 87.3 Å². The number of carbonyl (C=O) groups is 1. The third kappa shape index (κ3) is 1.70. The average Bonchev–Trinajstić information content (AvgIpc) is 2.39. The minimum absolute atomic E-state index is 0.0475. The summed E-state index contributed by atoms with van der Waals surface area (Å²) in [7, 11) is 3.39. The zero-order valence-corrected chi connectivity index (χ0v) is 8.65. The van der Waals surface area contributed by atoms with Gasteiger partial charge < -0.3 is 15.0 Å². The van der Waals surface area contributed by atoms with Gasteiger partial charge in [0.1, 0.15) is 12.0 Å². The van der Waals surface area contributed by atoms with Crippen molar-refractivity contribution >= 4 is 17.4 Å². The number of methoxy groups -OCH3 is 1. The summed E-state index contributed by atoms with van der Waals surface area (Å²) in [5.41, 5.74) is 0.546. The van der Waals surface area contributed by atoms with Crippen molar-refractivity contribution in [2.45, 2.75) is 6.42 Å². The molecule has 6 nitrogen and oxygen atoms in total. The predicted molar refractivity (Wildman–Crippen MR) is 55.1 cm³/mol. The van der Waals surface area contributed by atoms with Crippen LogP contribution in [0.25, 0.3) is 0 Å². The van der Waals surface area contributed by atoms with Crippen molar-refractivity contribution < 1.29 is 9.53 Å². The monoisotopic (exact) mass is 208 g/mol. The fourth-order valence-corrected chi connectivity index (χ4v) is 1.49. The molecule has 0 bridgehead atoms. The lowest BCUT2D eigenvalue weighted by atomic mass is 10.4. The van der Waals surface area contributed by atoms with Gasteiger partial charge in [-0.3, -0.25) is 4.79 Å². The Hall–Kier alpha value is -1.85. The summed E-state index contributed by atoms with van der Waals surface area (Å²) in [6.07, 6.45) is 1.86. The Morgan fingerprint density at radius 1 is 1.53 bits per heavy atom. The first-order valence-corrected chi connectivity index (χ1v) is 4.62. The second-order valence-electron chi connectivity index (χ2n) is 3.30. The summed E-state index contributed by atoms with van der Waals surface area (Å²) in [5.74, 6) is 1.03. The van der Waals surface area contributed by atoms with Crippen molar-refractivity contribution in [2.24, 2.45) is 0 Å². The SMILES string of the molecule is COc1ncnc2c1NC(=O)CCN2C. The summed E-state index contributed by atoms with van der Waals surface area (Å²) < 4.78 is 5.07. The van der Waals surface area contributed by atoms with Crippen molar-refractivity contribution in [3.8, 4) is 5.88 Å². The van der Waals surface area contributed by atoms with Crippen LogP contribution in [0.15, 0.2) is 6.33 Å². The maximum Gasteiger partial charge on any atom is 0.242 e. The number of ether oxygens (including phenoxy) is 1. The zero-order valence-electron chi connectivity index (χ0n) is 8.65. The van der Waals surface area contributed by atoms with Crippen molar-refractivity contribution in [1.82, 2.24) is 9.97 Å². The summed E-state index contributed by atoms with van der Waals surface area (Å²) in [6, 6.07) is 0. The molecule has 2 heterocycles. The molecule has 0 saturated heterocycles. The van der Waals surface area contributed by atoms with Crippen molar-refractivity contribution in [3.63, 3.8) is 0 Å². The smallest absolute Gasteiger partial charge is 0.242 e. The number of carbonyl (C=O) groups excluding carboxylic acids is 1. The van der Waals surface area contributed by atoms with Gasteiger partial charge in [0.05, 0.1) is 7.11 Å². The Morgan fingerprint density at radius 2 is 2.33 bits per heavy atom. The predicted octanol–water partition coefficient (Wildman–Crippen LogP) is 0.264. The molecule has 6 heteroatoms. The van der Waals surface area contributed by atoms with E-state index in [-0.39, 0.29) is 5.91 Å². The number of aromatic nitrogens is 2. The molecule has 0 fully saturated rings. The summed E-state index contributed by atoms with van der Waals surface area (Å²) in [4.78, 5) is 21.4. The van der Waals surface area contributed by atoms with Gasteiger partial charge in [0.15, 0.2) is 5.82 Å². The fourth-order valence-electron chi connectivity index (χ4n) is 1.49. The molecule has 1 N–H and O–H groups in total. The molecule has 1 aromatic rings. The number of hydrogen-bond acceptors (Lipinski definition) is 5. The van der Waals surface area contributed by atoms with Crippen LogP contribution in [0.3, 0.4) is 0 Å². The van der Waals surface area contributed by atoms with E-state index in [1.165, 1.54) is 13.4 Å². The first-order chi connectivity index (χ1) is 7.22. The third-order valence-electron chi connectivity index (χ3n) is 2.29. The molecular weight excluding hydrogens is 196 g/mol. The van der Waals surface area contributed by atoms with Crippen LogP contribution in [0.1, 0.15) is 6.42 Å². The van der Waals surface area contributed by atoms with E-state index in [0.717, 1.165) is 0 Å². The molecule has 0 aliphatic carbocycles. The Balaban J connectivity index is 2.51. The molecule has 0 spiro atoms. The van der Waals surface area contributed by atoms with E-state index in [4.69, 9.17) is 4.74 Å². The molecule has 1 aliphatic heterocycles. The molecule has 0 saturated carbocycles. The van der Waals surface area contributed by atoms with Crippen LogP contribution in [0.2, 0.25) is 0 Å².